The number of benzene rings is 2. The fourth-order valence-electron chi connectivity index (χ4n) is 1.55. The van der Waals surface area contributed by atoms with Gasteiger partial charge in [0, 0.05) is 18.4 Å². The van der Waals surface area contributed by atoms with Gasteiger partial charge in [0.2, 0.25) is 0 Å². The van der Waals surface area contributed by atoms with E-state index in [0.29, 0.717) is 0 Å². The Morgan fingerprint density at radius 2 is 1.82 bits per heavy atom. The van der Waals surface area contributed by atoms with Crippen LogP contribution in [0, 0.1) is 3.57 Å². The standard InChI is InChI=1S/C14H12ClIS/c1-2-10-9-11(15)3-8-14(10)17-13-6-4-12(16)5-7-13/h3-9H,2H2,1H3. The van der Waals surface area contributed by atoms with Crippen LogP contribution in [0.1, 0.15) is 12.5 Å². The Bertz CT molecular complexity index is 508. The number of hydrogen-bond acceptors (Lipinski definition) is 1. The van der Waals surface area contributed by atoms with Crippen LogP contribution in [-0.4, -0.2) is 0 Å². The zero-order chi connectivity index (χ0) is 12.3. The van der Waals surface area contributed by atoms with Crippen molar-refractivity contribution < 1.29 is 0 Å². The van der Waals surface area contributed by atoms with Gasteiger partial charge in [0.15, 0.2) is 0 Å². The third-order valence-electron chi connectivity index (χ3n) is 2.44. The summed E-state index contributed by atoms with van der Waals surface area (Å²) in [6, 6.07) is 14.7. The average molecular weight is 375 g/mol. The van der Waals surface area contributed by atoms with Gasteiger partial charge in [-0.15, -0.1) is 0 Å². The highest BCUT2D eigenvalue weighted by Crippen LogP contribution is 2.32. The summed E-state index contributed by atoms with van der Waals surface area (Å²) in [4.78, 5) is 2.56. The van der Waals surface area contributed by atoms with Crippen molar-refractivity contribution in [1.82, 2.24) is 0 Å². The lowest BCUT2D eigenvalue weighted by atomic mass is 10.2. The first-order valence-electron chi connectivity index (χ1n) is 5.41. The molecule has 0 radical (unpaired) electrons. The number of rotatable bonds is 3. The summed E-state index contributed by atoms with van der Waals surface area (Å²) < 4.78 is 1.26. The second-order valence-electron chi connectivity index (χ2n) is 3.66. The highest BCUT2D eigenvalue weighted by molar-refractivity contribution is 14.1. The summed E-state index contributed by atoms with van der Waals surface area (Å²) in [7, 11) is 0. The summed E-state index contributed by atoms with van der Waals surface area (Å²) in [5, 5.41) is 0.814. The zero-order valence-corrected chi connectivity index (χ0v) is 13.1. The molecular formula is C14H12ClIS. The van der Waals surface area contributed by atoms with Gasteiger partial charge in [-0.3, -0.25) is 0 Å². The minimum absolute atomic E-state index is 0.814. The van der Waals surface area contributed by atoms with Crippen molar-refractivity contribution >= 4 is 46.0 Å². The molecule has 0 aliphatic heterocycles. The van der Waals surface area contributed by atoms with E-state index in [0.717, 1.165) is 11.4 Å². The van der Waals surface area contributed by atoms with Crippen LogP contribution in [-0.2, 0) is 6.42 Å². The van der Waals surface area contributed by atoms with Gasteiger partial charge in [-0.05, 0) is 77.0 Å². The topological polar surface area (TPSA) is 0 Å². The first-order valence-corrected chi connectivity index (χ1v) is 7.68. The van der Waals surface area contributed by atoms with Gasteiger partial charge in [0.05, 0.1) is 0 Å². The van der Waals surface area contributed by atoms with Gasteiger partial charge in [0.25, 0.3) is 0 Å². The largest absolute Gasteiger partial charge is 0.0898 e. The normalized spacial score (nSPS) is 10.5. The molecule has 0 saturated carbocycles. The summed E-state index contributed by atoms with van der Waals surface area (Å²) in [5.41, 5.74) is 1.31. The second-order valence-corrected chi connectivity index (χ2v) is 6.46. The van der Waals surface area contributed by atoms with Crippen LogP contribution in [0.5, 0.6) is 0 Å². The lowest BCUT2D eigenvalue weighted by molar-refractivity contribution is 1.08. The molecule has 0 bridgehead atoms. The van der Waals surface area contributed by atoms with E-state index in [1.807, 2.05) is 6.07 Å². The molecule has 0 aliphatic carbocycles. The maximum Gasteiger partial charge on any atom is 0.0409 e. The number of hydrogen-bond donors (Lipinski definition) is 0. The lowest BCUT2D eigenvalue weighted by Gasteiger charge is -2.08. The Morgan fingerprint density at radius 3 is 2.47 bits per heavy atom. The minimum Gasteiger partial charge on any atom is -0.0898 e. The van der Waals surface area contributed by atoms with Crippen LogP contribution in [0.25, 0.3) is 0 Å². The molecule has 17 heavy (non-hydrogen) atoms. The Hall–Kier alpha value is -0.190. The molecule has 3 heteroatoms. The van der Waals surface area contributed by atoms with Crippen molar-refractivity contribution in [3.63, 3.8) is 0 Å². The SMILES string of the molecule is CCc1cc(Cl)ccc1Sc1ccc(I)cc1. The van der Waals surface area contributed by atoms with E-state index in [1.165, 1.54) is 18.9 Å². The van der Waals surface area contributed by atoms with Crippen LogP contribution >= 0.6 is 46.0 Å². The van der Waals surface area contributed by atoms with Crippen molar-refractivity contribution in [2.24, 2.45) is 0 Å². The molecule has 0 amide bonds. The van der Waals surface area contributed by atoms with Crippen molar-refractivity contribution in [1.29, 1.82) is 0 Å². The van der Waals surface area contributed by atoms with Crippen LogP contribution in [0.3, 0.4) is 0 Å². The molecule has 0 nitrogen and oxygen atoms in total. The third-order valence-corrected chi connectivity index (χ3v) is 4.53. The van der Waals surface area contributed by atoms with Crippen LogP contribution in [0.15, 0.2) is 52.3 Å². The predicted octanol–water partition coefficient (Wildman–Crippen LogP) is 5.66. The summed E-state index contributed by atoms with van der Waals surface area (Å²) in [6.07, 6.45) is 1.01. The van der Waals surface area contributed by atoms with Crippen LogP contribution < -0.4 is 0 Å². The van der Waals surface area contributed by atoms with Gasteiger partial charge >= 0.3 is 0 Å². The first kappa shape index (κ1) is 13.2. The van der Waals surface area contributed by atoms with Gasteiger partial charge in [-0.2, -0.15) is 0 Å². The van der Waals surface area contributed by atoms with Crippen LogP contribution in [0.2, 0.25) is 5.02 Å². The predicted molar refractivity (Wildman–Crippen MR) is 84.1 cm³/mol. The Morgan fingerprint density at radius 1 is 1.12 bits per heavy atom. The molecular weight excluding hydrogens is 363 g/mol. The van der Waals surface area contributed by atoms with Crippen molar-refractivity contribution in [3.8, 4) is 0 Å². The second kappa shape index (κ2) is 6.12. The molecule has 0 heterocycles. The highest BCUT2D eigenvalue weighted by atomic mass is 127. The fraction of sp³-hybridized carbons (Fsp3) is 0.143. The van der Waals surface area contributed by atoms with E-state index < -0.39 is 0 Å². The highest BCUT2D eigenvalue weighted by Gasteiger charge is 2.04. The maximum absolute atomic E-state index is 6.01. The summed E-state index contributed by atoms with van der Waals surface area (Å²) in [6.45, 7) is 2.16. The van der Waals surface area contributed by atoms with Crippen LogP contribution in [0.4, 0.5) is 0 Å². The molecule has 2 aromatic rings. The van der Waals surface area contributed by atoms with E-state index in [9.17, 15) is 0 Å². The molecule has 2 aromatic carbocycles. The Balaban J connectivity index is 2.26. The lowest BCUT2D eigenvalue weighted by Crippen LogP contribution is -1.85. The monoisotopic (exact) mass is 374 g/mol. The zero-order valence-electron chi connectivity index (χ0n) is 9.41. The maximum atomic E-state index is 6.01. The molecule has 0 aromatic heterocycles. The quantitative estimate of drug-likeness (QED) is 0.625. The fourth-order valence-corrected chi connectivity index (χ4v) is 3.10. The van der Waals surface area contributed by atoms with E-state index in [-0.39, 0.29) is 0 Å². The Labute approximate surface area is 125 Å². The average Bonchev–Trinajstić information content (AvgIpc) is 2.34. The van der Waals surface area contributed by atoms with Gasteiger partial charge in [-0.1, -0.05) is 30.3 Å². The smallest absolute Gasteiger partial charge is 0.0409 e. The van der Waals surface area contributed by atoms with Gasteiger partial charge in [-0.25, -0.2) is 0 Å². The molecule has 0 N–H and O–H groups in total. The van der Waals surface area contributed by atoms with Gasteiger partial charge < -0.3 is 0 Å². The van der Waals surface area contributed by atoms with E-state index >= 15 is 0 Å². The summed E-state index contributed by atoms with van der Waals surface area (Å²) >= 11 is 10.1. The molecule has 0 unspecified atom stereocenters. The molecule has 0 saturated heterocycles. The molecule has 0 spiro atoms. The van der Waals surface area contributed by atoms with Gasteiger partial charge in [0.1, 0.15) is 0 Å². The minimum atomic E-state index is 0.814. The van der Waals surface area contributed by atoms with Crippen molar-refractivity contribution in [2.75, 3.05) is 0 Å². The molecule has 0 fully saturated rings. The Kier molecular flexibility index (Phi) is 4.77. The third kappa shape index (κ3) is 3.63. The van der Waals surface area contributed by atoms with E-state index in [2.05, 4.69) is 65.9 Å². The molecule has 0 aliphatic rings. The van der Waals surface area contributed by atoms with E-state index in [1.54, 1.807) is 11.8 Å². The van der Waals surface area contributed by atoms with Crippen molar-refractivity contribution in [3.05, 3.63) is 56.6 Å². The molecule has 88 valence electrons. The van der Waals surface area contributed by atoms with Crippen molar-refractivity contribution in [2.45, 2.75) is 23.1 Å². The molecule has 0 atom stereocenters. The molecule has 2 rings (SSSR count). The summed E-state index contributed by atoms with van der Waals surface area (Å²) in [5.74, 6) is 0. The van der Waals surface area contributed by atoms with E-state index in [4.69, 9.17) is 11.6 Å². The first-order chi connectivity index (χ1) is 8.19. The number of halogens is 2. The number of aryl methyl sites for hydroxylation is 1.